The zero-order valence-corrected chi connectivity index (χ0v) is 16.7. The maximum atomic E-state index is 13.1. The SMILES string of the molecule is Cc1cccc(NC(=O)c2nc(C(=O)N3CCC(C)CC3)n3c2CCCC3)c1. The van der Waals surface area contributed by atoms with Crippen molar-refractivity contribution in [2.75, 3.05) is 18.4 Å². The van der Waals surface area contributed by atoms with Crippen molar-refractivity contribution in [3.05, 3.63) is 47.0 Å². The second kappa shape index (κ2) is 7.78. The van der Waals surface area contributed by atoms with Crippen molar-refractivity contribution in [2.24, 2.45) is 5.92 Å². The highest BCUT2D eigenvalue weighted by Gasteiger charge is 2.31. The van der Waals surface area contributed by atoms with Gasteiger partial charge in [-0.15, -0.1) is 0 Å². The highest BCUT2D eigenvalue weighted by Crippen LogP contribution is 2.25. The summed E-state index contributed by atoms with van der Waals surface area (Å²) < 4.78 is 1.98. The van der Waals surface area contributed by atoms with Gasteiger partial charge >= 0.3 is 0 Å². The number of nitrogens with one attached hydrogen (secondary N) is 1. The molecule has 0 unspecified atom stereocenters. The molecule has 0 bridgehead atoms. The molecule has 1 fully saturated rings. The second-order valence-corrected chi connectivity index (χ2v) is 8.14. The zero-order valence-electron chi connectivity index (χ0n) is 16.7. The molecule has 0 atom stereocenters. The van der Waals surface area contributed by atoms with E-state index >= 15 is 0 Å². The summed E-state index contributed by atoms with van der Waals surface area (Å²) in [7, 11) is 0. The summed E-state index contributed by atoms with van der Waals surface area (Å²) in [6.07, 6.45) is 4.87. The number of likely N-dealkylation sites (tertiary alicyclic amines) is 1. The molecule has 0 radical (unpaired) electrons. The molecule has 2 amide bonds. The van der Waals surface area contributed by atoms with Crippen molar-refractivity contribution >= 4 is 17.5 Å². The van der Waals surface area contributed by atoms with Crippen molar-refractivity contribution in [1.29, 1.82) is 0 Å². The molecule has 0 aliphatic carbocycles. The van der Waals surface area contributed by atoms with Gasteiger partial charge in [-0.1, -0.05) is 19.1 Å². The van der Waals surface area contributed by atoms with Crippen LogP contribution in [0.1, 0.15) is 65.0 Å². The van der Waals surface area contributed by atoms with Gasteiger partial charge in [0.15, 0.2) is 11.5 Å². The molecule has 0 spiro atoms. The van der Waals surface area contributed by atoms with Crippen LogP contribution in [0, 0.1) is 12.8 Å². The van der Waals surface area contributed by atoms with Crippen LogP contribution in [0.4, 0.5) is 5.69 Å². The van der Waals surface area contributed by atoms with E-state index in [1.165, 1.54) is 0 Å². The predicted octanol–water partition coefficient (Wildman–Crippen LogP) is 3.65. The number of imidazole rings is 1. The first-order valence-electron chi connectivity index (χ1n) is 10.3. The molecule has 3 heterocycles. The van der Waals surface area contributed by atoms with E-state index in [4.69, 9.17) is 0 Å². The standard InChI is InChI=1S/C22H28N4O2/c1-15-9-12-25(13-10-15)22(28)20-24-19(18-8-3-4-11-26(18)20)21(27)23-17-7-5-6-16(2)14-17/h5-7,14-15H,3-4,8-13H2,1-2H3,(H,23,27). The first kappa shape index (κ1) is 18.7. The molecular weight excluding hydrogens is 352 g/mol. The van der Waals surface area contributed by atoms with Gasteiger partial charge in [-0.2, -0.15) is 0 Å². The fourth-order valence-electron chi connectivity index (χ4n) is 4.15. The summed E-state index contributed by atoms with van der Waals surface area (Å²) in [5.74, 6) is 0.819. The normalized spacial score (nSPS) is 17.3. The van der Waals surface area contributed by atoms with Gasteiger partial charge in [0, 0.05) is 25.3 Å². The van der Waals surface area contributed by atoms with Crippen LogP contribution in [0.25, 0.3) is 0 Å². The number of carbonyl (C=O) groups excluding carboxylic acids is 2. The maximum Gasteiger partial charge on any atom is 0.289 e. The third kappa shape index (κ3) is 3.68. The molecule has 1 saturated heterocycles. The number of hydrogen-bond acceptors (Lipinski definition) is 3. The van der Waals surface area contributed by atoms with Crippen molar-refractivity contribution < 1.29 is 9.59 Å². The Kier molecular flexibility index (Phi) is 5.20. The van der Waals surface area contributed by atoms with Crippen LogP contribution >= 0.6 is 0 Å². The number of piperidine rings is 1. The second-order valence-electron chi connectivity index (χ2n) is 8.14. The lowest BCUT2D eigenvalue weighted by Gasteiger charge is -2.30. The largest absolute Gasteiger partial charge is 0.336 e. The topological polar surface area (TPSA) is 67.2 Å². The van der Waals surface area contributed by atoms with Crippen LogP contribution in [-0.4, -0.2) is 39.4 Å². The van der Waals surface area contributed by atoms with Crippen LogP contribution in [0.3, 0.4) is 0 Å². The van der Waals surface area contributed by atoms with Gasteiger partial charge in [0.05, 0.1) is 5.69 Å². The van der Waals surface area contributed by atoms with Gasteiger partial charge in [0.1, 0.15) is 0 Å². The summed E-state index contributed by atoms with van der Waals surface area (Å²) in [6.45, 7) is 6.52. The van der Waals surface area contributed by atoms with E-state index < -0.39 is 0 Å². The third-order valence-corrected chi connectivity index (χ3v) is 5.87. The monoisotopic (exact) mass is 380 g/mol. The van der Waals surface area contributed by atoms with Crippen molar-refractivity contribution in [3.8, 4) is 0 Å². The minimum atomic E-state index is -0.234. The minimum Gasteiger partial charge on any atom is -0.336 e. The molecule has 0 saturated carbocycles. The van der Waals surface area contributed by atoms with Gasteiger partial charge < -0.3 is 14.8 Å². The molecular formula is C22H28N4O2. The average Bonchev–Trinajstić information content (AvgIpc) is 3.08. The lowest BCUT2D eigenvalue weighted by molar-refractivity contribution is 0.0678. The zero-order chi connectivity index (χ0) is 19.7. The fraction of sp³-hybridized carbons (Fsp3) is 0.500. The number of aromatic nitrogens is 2. The number of aryl methyl sites for hydroxylation is 1. The number of nitrogens with zero attached hydrogens (tertiary/aromatic N) is 3. The van der Waals surface area contributed by atoms with Crippen LogP contribution in [-0.2, 0) is 13.0 Å². The first-order valence-corrected chi connectivity index (χ1v) is 10.3. The number of fused-ring (bicyclic) bond motifs is 1. The first-order chi connectivity index (χ1) is 13.5. The molecule has 1 N–H and O–H groups in total. The Morgan fingerprint density at radius 3 is 2.68 bits per heavy atom. The number of carbonyl (C=O) groups is 2. The van der Waals surface area contributed by atoms with Gasteiger partial charge in [-0.3, -0.25) is 9.59 Å². The van der Waals surface area contributed by atoms with Crippen LogP contribution < -0.4 is 5.32 Å². The van der Waals surface area contributed by atoms with Gasteiger partial charge in [0.2, 0.25) is 0 Å². The molecule has 2 aliphatic heterocycles. The molecule has 4 rings (SSSR count). The van der Waals surface area contributed by atoms with Gasteiger partial charge in [0.25, 0.3) is 11.8 Å². The fourth-order valence-corrected chi connectivity index (χ4v) is 4.15. The summed E-state index contributed by atoms with van der Waals surface area (Å²) in [5, 5.41) is 2.95. The quantitative estimate of drug-likeness (QED) is 0.884. The number of hydrogen-bond donors (Lipinski definition) is 1. The molecule has 6 heteroatoms. The van der Waals surface area contributed by atoms with Crippen molar-refractivity contribution in [3.63, 3.8) is 0 Å². The van der Waals surface area contributed by atoms with Gasteiger partial charge in [-0.05, 0) is 62.6 Å². The average molecular weight is 380 g/mol. The van der Waals surface area contributed by atoms with Crippen molar-refractivity contribution in [2.45, 2.75) is 52.5 Å². The highest BCUT2D eigenvalue weighted by atomic mass is 16.2. The number of rotatable bonds is 3. The van der Waals surface area contributed by atoms with Gasteiger partial charge in [-0.25, -0.2) is 4.98 Å². The Morgan fingerprint density at radius 2 is 1.93 bits per heavy atom. The molecule has 1 aromatic carbocycles. The highest BCUT2D eigenvalue weighted by molar-refractivity contribution is 6.05. The molecule has 28 heavy (non-hydrogen) atoms. The predicted molar refractivity (Wildman–Crippen MR) is 109 cm³/mol. The summed E-state index contributed by atoms with van der Waals surface area (Å²) in [5.41, 5.74) is 3.13. The van der Waals surface area contributed by atoms with E-state index in [2.05, 4.69) is 17.2 Å². The van der Waals surface area contributed by atoms with Crippen LogP contribution in [0.2, 0.25) is 0 Å². The third-order valence-electron chi connectivity index (χ3n) is 5.87. The Bertz CT molecular complexity index is 894. The van der Waals surface area contributed by atoms with E-state index in [-0.39, 0.29) is 11.8 Å². The number of benzene rings is 1. The van der Waals surface area contributed by atoms with E-state index in [1.807, 2.05) is 40.7 Å². The Hall–Kier alpha value is -2.63. The van der Waals surface area contributed by atoms with Crippen LogP contribution in [0.5, 0.6) is 0 Å². The smallest absolute Gasteiger partial charge is 0.289 e. The summed E-state index contributed by atoms with van der Waals surface area (Å²) >= 11 is 0. The lowest BCUT2D eigenvalue weighted by Crippen LogP contribution is -2.39. The van der Waals surface area contributed by atoms with E-state index in [0.717, 1.165) is 68.7 Å². The minimum absolute atomic E-state index is 0.0374. The molecule has 1 aromatic heterocycles. The molecule has 148 valence electrons. The molecule has 2 aromatic rings. The molecule has 6 nitrogen and oxygen atoms in total. The molecule has 2 aliphatic rings. The lowest BCUT2D eigenvalue weighted by atomic mass is 9.99. The van der Waals surface area contributed by atoms with E-state index in [9.17, 15) is 9.59 Å². The Balaban J connectivity index is 1.61. The summed E-state index contributed by atoms with van der Waals surface area (Å²) in [4.78, 5) is 32.5. The van der Waals surface area contributed by atoms with E-state index in [0.29, 0.717) is 17.4 Å². The maximum absolute atomic E-state index is 13.1. The van der Waals surface area contributed by atoms with Crippen molar-refractivity contribution in [1.82, 2.24) is 14.5 Å². The Morgan fingerprint density at radius 1 is 1.14 bits per heavy atom. The summed E-state index contributed by atoms with van der Waals surface area (Å²) in [6, 6.07) is 7.71. The number of anilines is 1. The Labute approximate surface area is 165 Å². The number of amides is 2. The van der Waals surface area contributed by atoms with E-state index in [1.54, 1.807) is 0 Å². The van der Waals surface area contributed by atoms with Crippen LogP contribution in [0.15, 0.2) is 24.3 Å².